The molecule has 0 fully saturated rings. The summed E-state index contributed by atoms with van der Waals surface area (Å²) in [7, 11) is -3.29. The first kappa shape index (κ1) is 20.6. The standard InChI is InChI=1S/C14H33NO4Si2/c1-14(2,3)18-13(16)15-10-12(19-21(7,8)9)11-17-20(4,5)6/h12H,10-11H2,1-9H3,(H,15,16)/t12-/m1/s1. The van der Waals surface area contributed by atoms with E-state index in [4.69, 9.17) is 13.6 Å². The average molecular weight is 336 g/mol. The van der Waals surface area contributed by atoms with Crippen LogP contribution in [0.3, 0.4) is 0 Å². The third-order valence-electron chi connectivity index (χ3n) is 2.10. The number of hydrogen-bond donors (Lipinski definition) is 1. The molecular formula is C14H33NO4Si2. The number of amides is 1. The molecule has 1 N–H and O–H groups in total. The molecule has 0 aliphatic heterocycles. The number of carbonyl (C=O) groups is 1. The Morgan fingerprint density at radius 2 is 1.57 bits per heavy atom. The fraction of sp³-hybridized carbons (Fsp3) is 0.929. The maximum atomic E-state index is 11.7. The van der Waals surface area contributed by atoms with E-state index in [1.807, 2.05) is 20.8 Å². The Bertz CT molecular complexity index is 329. The number of carbonyl (C=O) groups excluding carboxylic acids is 1. The highest BCUT2D eigenvalue weighted by Gasteiger charge is 2.25. The molecule has 0 bridgehead atoms. The molecule has 0 aliphatic rings. The van der Waals surface area contributed by atoms with Crippen LogP contribution < -0.4 is 5.32 Å². The summed E-state index contributed by atoms with van der Waals surface area (Å²) in [4.78, 5) is 11.7. The van der Waals surface area contributed by atoms with Crippen molar-refractivity contribution in [2.75, 3.05) is 13.2 Å². The third kappa shape index (κ3) is 14.3. The molecule has 1 amide bonds. The first-order valence-corrected chi connectivity index (χ1v) is 14.3. The van der Waals surface area contributed by atoms with E-state index >= 15 is 0 Å². The lowest BCUT2D eigenvalue weighted by Crippen LogP contribution is -2.45. The van der Waals surface area contributed by atoms with Crippen LogP contribution in [0.1, 0.15) is 20.8 Å². The molecule has 0 aromatic heterocycles. The van der Waals surface area contributed by atoms with Crippen molar-refractivity contribution in [3.05, 3.63) is 0 Å². The van der Waals surface area contributed by atoms with E-state index in [0.717, 1.165) is 0 Å². The number of alkyl carbamates (subject to hydrolysis) is 1. The molecule has 0 heterocycles. The Kier molecular flexibility index (Phi) is 7.62. The minimum Gasteiger partial charge on any atom is -0.444 e. The molecule has 0 aromatic rings. The smallest absolute Gasteiger partial charge is 0.407 e. The van der Waals surface area contributed by atoms with Crippen molar-refractivity contribution in [1.82, 2.24) is 5.32 Å². The summed E-state index contributed by atoms with van der Waals surface area (Å²) in [6, 6.07) is 0. The Labute approximate surface area is 132 Å². The maximum Gasteiger partial charge on any atom is 0.407 e. The Morgan fingerprint density at radius 3 is 1.95 bits per heavy atom. The highest BCUT2D eigenvalue weighted by molar-refractivity contribution is 6.70. The largest absolute Gasteiger partial charge is 0.444 e. The van der Waals surface area contributed by atoms with E-state index in [1.165, 1.54) is 0 Å². The Hall–Kier alpha value is -0.376. The Balaban J connectivity index is 4.44. The van der Waals surface area contributed by atoms with E-state index in [0.29, 0.717) is 13.2 Å². The molecule has 1 atom stereocenters. The zero-order valence-corrected chi connectivity index (χ0v) is 17.1. The summed E-state index contributed by atoms with van der Waals surface area (Å²) >= 11 is 0. The topological polar surface area (TPSA) is 56.8 Å². The summed E-state index contributed by atoms with van der Waals surface area (Å²) in [6.07, 6.45) is -0.546. The predicted molar refractivity (Wildman–Crippen MR) is 91.8 cm³/mol. The van der Waals surface area contributed by atoms with Crippen molar-refractivity contribution in [1.29, 1.82) is 0 Å². The molecule has 0 rings (SSSR count). The van der Waals surface area contributed by atoms with Gasteiger partial charge in [0.1, 0.15) is 5.60 Å². The SMILES string of the molecule is CC(C)(C)OC(=O)NC[C@H](CO[Si](C)(C)C)O[Si](C)(C)C. The third-order valence-corrected chi connectivity index (χ3v) is 4.17. The maximum absolute atomic E-state index is 11.7. The van der Waals surface area contributed by atoms with Crippen LogP contribution in [0.25, 0.3) is 0 Å². The Morgan fingerprint density at radius 1 is 1.05 bits per heavy atom. The first-order valence-electron chi connectivity index (χ1n) is 7.47. The highest BCUT2D eigenvalue weighted by Crippen LogP contribution is 2.11. The fourth-order valence-electron chi connectivity index (χ4n) is 1.49. The molecule has 7 heteroatoms. The van der Waals surface area contributed by atoms with Gasteiger partial charge in [0.05, 0.1) is 12.7 Å². The van der Waals surface area contributed by atoms with Crippen LogP contribution >= 0.6 is 0 Å². The summed E-state index contributed by atoms with van der Waals surface area (Å²) in [5, 5.41) is 2.77. The predicted octanol–water partition coefficient (Wildman–Crippen LogP) is 3.58. The van der Waals surface area contributed by atoms with E-state index in [2.05, 4.69) is 44.6 Å². The molecule has 0 spiro atoms. The van der Waals surface area contributed by atoms with Crippen LogP contribution in [0.5, 0.6) is 0 Å². The van der Waals surface area contributed by atoms with Gasteiger partial charge in [-0.2, -0.15) is 0 Å². The van der Waals surface area contributed by atoms with E-state index < -0.39 is 28.3 Å². The van der Waals surface area contributed by atoms with Gasteiger partial charge in [0.25, 0.3) is 0 Å². The number of nitrogens with one attached hydrogen (secondary N) is 1. The number of ether oxygens (including phenoxy) is 1. The van der Waals surface area contributed by atoms with Gasteiger partial charge in [-0.3, -0.25) is 0 Å². The van der Waals surface area contributed by atoms with Gasteiger partial charge >= 0.3 is 6.09 Å². The normalized spacial score (nSPS) is 14.7. The van der Waals surface area contributed by atoms with Crippen molar-refractivity contribution >= 4 is 22.7 Å². The lowest BCUT2D eigenvalue weighted by Gasteiger charge is -2.29. The quantitative estimate of drug-likeness (QED) is 0.722. The molecule has 0 saturated carbocycles. The lowest BCUT2D eigenvalue weighted by atomic mass is 10.2. The van der Waals surface area contributed by atoms with Gasteiger partial charge in [-0.05, 0) is 60.1 Å². The second-order valence-electron chi connectivity index (χ2n) is 8.16. The van der Waals surface area contributed by atoms with Crippen molar-refractivity contribution < 1.29 is 18.4 Å². The van der Waals surface area contributed by atoms with Gasteiger partial charge in [-0.25, -0.2) is 4.79 Å². The van der Waals surface area contributed by atoms with Crippen molar-refractivity contribution in [2.45, 2.75) is 71.8 Å². The molecule has 21 heavy (non-hydrogen) atoms. The van der Waals surface area contributed by atoms with Crippen LogP contribution in [0.4, 0.5) is 4.79 Å². The molecule has 0 radical (unpaired) electrons. The minimum atomic E-state index is -1.69. The molecule has 5 nitrogen and oxygen atoms in total. The molecule has 0 saturated heterocycles. The molecule has 126 valence electrons. The molecule has 0 unspecified atom stereocenters. The molecule has 0 aliphatic carbocycles. The lowest BCUT2D eigenvalue weighted by molar-refractivity contribution is 0.0475. The highest BCUT2D eigenvalue weighted by atomic mass is 28.4. The van der Waals surface area contributed by atoms with E-state index in [-0.39, 0.29) is 6.10 Å². The first-order chi connectivity index (χ1) is 9.18. The van der Waals surface area contributed by atoms with Gasteiger partial charge in [-0.1, -0.05) is 0 Å². The van der Waals surface area contributed by atoms with Gasteiger partial charge in [0.15, 0.2) is 16.6 Å². The van der Waals surface area contributed by atoms with Gasteiger partial charge in [0.2, 0.25) is 0 Å². The summed E-state index contributed by atoms with van der Waals surface area (Å²) in [6.45, 7) is 19.2. The summed E-state index contributed by atoms with van der Waals surface area (Å²) in [5.74, 6) is 0. The van der Waals surface area contributed by atoms with Crippen LogP contribution in [-0.4, -0.2) is 47.6 Å². The summed E-state index contributed by atoms with van der Waals surface area (Å²) < 4.78 is 17.2. The molecular weight excluding hydrogens is 302 g/mol. The van der Waals surface area contributed by atoms with Gasteiger partial charge in [0, 0.05) is 6.54 Å². The van der Waals surface area contributed by atoms with Gasteiger partial charge in [-0.15, -0.1) is 0 Å². The number of hydrogen-bond acceptors (Lipinski definition) is 4. The average Bonchev–Trinajstić information content (AvgIpc) is 2.16. The second-order valence-corrected chi connectivity index (χ2v) is 17.1. The van der Waals surface area contributed by atoms with Crippen LogP contribution in [0.2, 0.25) is 39.3 Å². The zero-order chi connectivity index (χ0) is 16.9. The van der Waals surface area contributed by atoms with Crippen LogP contribution in [-0.2, 0) is 13.6 Å². The fourth-order valence-corrected chi connectivity index (χ4v) is 3.33. The van der Waals surface area contributed by atoms with Crippen molar-refractivity contribution in [3.63, 3.8) is 0 Å². The monoisotopic (exact) mass is 335 g/mol. The van der Waals surface area contributed by atoms with Gasteiger partial charge < -0.3 is 18.9 Å². The minimum absolute atomic E-state index is 0.129. The zero-order valence-electron chi connectivity index (χ0n) is 15.1. The number of rotatable bonds is 7. The van der Waals surface area contributed by atoms with Crippen LogP contribution in [0, 0.1) is 0 Å². The van der Waals surface area contributed by atoms with E-state index in [9.17, 15) is 4.79 Å². The van der Waals surface area contributed by atoms with E-state index in [1.54, 1.807) is 0 Å². The summed E-state index contributed by atoms with van der Waals surface area (Å²) in [5.41, 5.74) is -0.492. The van der Waals surface area contributed by atoms with Crippen molar-refractivity contribution in [2.24, 2.45) is 0 Å². The molecule has 0 aromatic carbocycles. The van der Waals surface area contributed by atoms with Crippen molar-refractivity contribution in [3.8, 4) is 0 Å². The second kappa shape index (κ2) is 7.76. The van der Waals surface area contributed by atoms with Crippen LogP contribution in [0.15, 0.2) is 0 Å².